The van der Waals surface area contributed by atoms with Gasteiger partial charge in [-0.1, -0.05) is 28.1 Å². The molecule has 0 saturated heterocycles. The number of hydrogen-bond acceptors (Lipinski definition) is 3. The zero-order valence-corrected chi connectivity index (χ0v) is 16.8. The van der Waals surface area contributed by atoms with E-state index in [-0.39, 0.29) is 6.54 Å². The lowest BCUT2D eigenvalue weighted by Crippen LogP contribution is -2.44. The van der Waals surface area contributed by atoms with Crippen molar-refractivity contribution >= 4 is 31.9 Å². The number of rotatable bonds is 6. The Kier molecular flexibility index (Phi) is 6.84. The molecular weight excluding hydrogens is 468 g/mol. The van der Waals surface area contributed by atoms with Crippen molar-refractivity contribution in [3.8, 4) is 0 Å². The van der Waals surface area contributed by atoms with Crippen LogP contribution in [-0.4, -0.2) is 20.4 Å². The normalized spacial score (nSPS) is 13.2. The number of hydrogen-bond donors (Lipinski definition) is 2. The molecule has 0 radical (unpaired) electrons. The minimum atomic E-state index is -4.87. The van der Waals surface area contributed by atoms with Crippen LogP contribution < -0.4 is 10.0 Å². The van der Waals surface area contributed by atoms with Crippen LogP contribution in [0.25, 0.3) is 0 Å². The van der Waals surface area contributed by atoms with Crippen molar-refractivity contribution in [1.82, 2.24) is 10.0 Å². The number of alkyl halides is 3. The maximum atomic E-state index is 13.3. The fraction of sp³-hybridized carbons (Fsp3) is 0.235. The summed E-state index contributed by atoms with van der Waals surface area (Å²) in [6, 6.07) is 6.13. The molecule has 2 aromatic carbocycles. The molecular formula is C17H15BrF4N2O3S. The fourth-order valence-corrected chi connectivity index (χ4v) is 4.12. The van der Waals surface area contributed by atoms with Crippen LogP contribution in [0.4, 0.5) is 17.6 Å². The van der Waals surface area contributed by atoms with Gasteiger partial charge in [0.1, 0.15) is 5.82 Å². The summed E-state index contributed by atoms with van der Waals surface area (Å²) >= 11 is 3.19. The zero-order chi connectivity index (χ0) is 21.1. The Morgan fingerprint density at radius 2 is 1.82 bits per heavy atom. The Balaban J connectivity index is 2.12. The lowest BCUT2D eigenvalue weighted by Gasteiger charge is -2.17. The van der Waals surface area contributed by atoms with E-state index in [9.17, 15) is 30.8 Å². The molecule has 0 bridgehead atoms. The molecule has 0 aromatic heterocycles. The second-order valence-corrected chi connectivity index (χ2v) is 8.33. The predicted molar refractivity (Wildman–Crippen MR) is 97.2 cm³/mol. The average Bonchev–Trinajstić information content (AvgIpc) is 2.61. The van der Waals surface area contributed by atoms with Crippen LogP contribution in [-0.2, 0) is 27.5 Å². The van der Waals surface area contributed by atoms with E-state index in [1.54, 1.807) is 0 Å². The molecule has 0 aliphatic carbocycles. The van der Waals surface area contributed by atoms with Crippen molar-refractivity contribution in [2.24, 2.45) is 0 Å². The first-order valence-electron chi connectivity index (χ1n) is 7.82. The number of halogens is 5. The molecule has 28 heavy (non-hydrogen) atoms. The topological polar surface area (TPSA) is 75.3 Å². The molecule has 2 rings (SSSR count). The van der Waals surface area contributed by atoms with E-state index in [0.717, 1.165) is 18.2 Å². The number of amides is 1. The molecule has 0 fully saturated rings. The minimum Gasteiger partial charge on any atom is -0.351 e. The molecule has 5 nitrogen and oxygen atoms in total. The average molecular weight is 483 g/mol. The maximum absolute atomic E-state index is 13.3. The standard InChI is InChI=1S/C17H15BrF4N2O3S/c1-10(16(25)23-9-11-8-12(19)6-7-14(11)18)24-28(26,27)15-5-3-2-4-13(15)17(20,21)22/h2-8,10,24H,9H2,1H3,(H,23,25)/t10-/m0/s1. The number of nitrogens with one attached hydrogen (secondary N) is 2. The summed E-state index contributed by atoms with van der Waals surface area (Å²) in [6.45, 7) is 1.08. The number of sulfonamides is 1. The lowest BCUT2D eigenvalue weighted by molar-refractivity contribution is -0.139. The van der Waals surface area contributed by atoms with Gasteiger partial charge in [0, 0.05) is 11.0 Å². The van der Waals surface area contributed by atoms with Crippen molar-refractivity contribution in [2.75, 3.05) is 0 Å². The maximum Gasteiger partial charge on any atom is 0.417 e. The molecule has 0 heterocycles. The molecule has 0 unspecified atom stereocenters. The summed E-state index contributed by atoms with van der Waals surface area (Å²) < 4.78 is 79.5. The van der Waals surface area contributed by atoms with E-state index < -0.39 is 44.4 Å². The van der Waals surface area contributed by atoms with Crippen molar-refractivity contribution in [3.05, 3.63) is 63.9 Å². The van der Waals surface area contributed by atoms with Crippen LogP contribution in [0.15, 0.2) is 51.8 Å². The van der Waals surface area contributed by atoms with Gasteiger partial charge in [-0.3, -0.25) is 4.79 Å². The molecule has 0 aliphatic heterocycles. The molecule has 0 spiro atoms. The second-order valence-electron chi connectivity index (χ2n) is 5.79. The van der Waals surface area contributed by atoms with Crippen molar-refractivity contribution in [1.29, 1.82) is 0 Å². The van der Waals surface area contributed by atoms with E-state index in [1.165, 1.54) is 25.1 Å². The smallest absolute Gasteiger partial charge is 0.351 e. The Morgan fingerprint density at radius 3 is 2.46 bits per heavy atom. The first kappa shape index (κ1) is 22.3. The Morgan fingerprint density at radius 1 is 1.18 bits per heavy atom. The van der Waals surface area contributed by atoms with Crippen molar-refractivity contribution in [3.63, 3.8) is 0 Å². The van der Waals surface area contributed by atoms with E-state index in [1.807, 2.05) is 4.72 Å². The van der Waals surface area contributed by atoms with Gasteiger partial charge >= 0.3 is 6.18 Å². The predicted octanol–water partition coefficient (Wildman–Crippen LogP) is 3.59. The quantitative estimate of drug-likeness (QED) is 0.617. The fourth-order valence-electron chi connectivity index (χ4n) is 2.30. The van der Waals surface area contributed by atoms with Crippen molar-refractivity contribution in [2.45, 2.75) is 30.6 Å². The first-order valence-corrected chi connectivity index (χ1v) is 10.1. The van der Waals surface area contributed by atoms with Crippen LogP contribution in [0.3, 0.4) is 0 Å². The third-order valence-corrected chi connectivity index (χ3v) is 6.04. The number of carbonyl (C=O) groups is 1. The monoisotopic (exact) mass is 482 g/mol. The highest BCUT2D eigenvalue weighted by Gasteiger charge is 2.37. The molecule has 0 saturated carbocycles. The number of carbonyl (C=O) groups excluding carboxylic acids is 1. The van der Waals surface area contributed by atoms with Gasteiger partial charge in [-0.2, -0.15) is 17.9 Å². The van der Waals surface area contributed by atoms with Gasteiger partial charge < -0.3 is 5.32 Å². The molecule has 2 N–H and O–H groups in total. The Hall–Kier alpha value is -1.98. The summed E-state index contributed by atoms with van der Waals surface area (Å²) in [6.07, 6.45) is -4.87. The van der Waals surface area contributed by atoms with Gasteiger partial charge in [-0.15, -0.1) is 0 Å². The minimum absolute atomic E-state index is 0.109. The van der Waals surface area contributed by atoms with Gasteiger partial charge in [0.2, 0.25) is 15.9 Å². The molecule has 11 heteroatoms. The van der Waals surface area contributed by atoms with Gasteiger partial charge in [0.05, 0.1) is 16.5 Å². The van der Waals surface area contributed by atoms with E-state index in [4.69, 9.17) is 0 Å². The summed E-state index contributed by atoms with van der Waals surface area (Å²) in [5.41, 5.74) is -0.926. The van der Waals surface area contributed by atoms with Gasteiger partial charge in [-0.25, -0.2) is 12.8 Å². The first-order chi connectivity index (χ1) is 12.9. The van der Waals surface area contributed by atoms with Crippen LogP contribution in [0.5, 0.6) is 0 Å². The molecule has 2 aromatic rings. The third-order valence-electron chi connectivity index (χ3n) is 3.67. The molecule has 1 amide bonds. The van der Waals surface area contributed by atoms with Crippen LogP contribution in [0.2, 0.25) is 0 Å². The van der Waals surface area contributed by atoms with Crippen LogP contribution >= 0.6 is 15.9 Å². The summed E-state index contributed by atoms with van der Waals surface area (Å²) in [4.78, 5) is 11.2. The van der Waals surface area contributed by atoms with Gasteiger partial charge in [-0.05, 0) is 42.8 Å². The highest BCUT2D eigenvalue weighted by Crippen LogP contribution is 2.33. The summed E-state index contributed by atoms with van der Waals surface area (Å²) in [5.74, 6) is -1.31. The summed E-state index contributed by atoms with van der Waals surface area (Å²) in [7, 11) is -4.62. The molecule has 0 aliphatic rings. The highest BCUT2D eigenvalue weighted by molar-refractivity contribution is 9.10. The largest absolute Gasteiger partial charge is 0.417 e. The number of benzene rings is 2. The second kappa shape index (κ2) is 8.58. The van der Waals surface area contributed by atoms with Crippen molar-refractivity contribution < 1.29 is 30.8 Å². The molecule has 1 atom stereocenters. The van der Waals surface area contributed by atoms with Gasteiger partial charge in [0.25, 0.3) is 0 Å². The van der Waals surface area contributed by atoms with E-state index in [2.05, 4.69) is 21.2 Å². The highest BCUT2D eigenvalue weighted by atomic mass is 79.9. The van der Waals surface area contributed by atoms with Crippen LogP contribution in [0, 0.1) is 5.82 Å². The zero-order valence-electron chi connectivity index (χ0n) is 14.3. The molecule has 152 valence electrons. The lowest BCUT2D eigenvalue weighted by atomic mass is 10.2. The summed E-state index contributed by atoms with van der Waals surface area (Å²) in [5, 5.41) is 2.40. The van der Waals surface area contributed by atoms with Crippen LogP contribution in [0.1, 0.15) is 18.1 Å². The van der Waals surface area contributed by atoms with Gasteiger partial charge in [0.15, 0.2) is 0 Å². The Bertz CT molecular complexity index is 981. The van der Waals surface area contributed by atoms with E-state index in [0.29, 0.717) is 16.1 Å². The Labute approximate surface area is 167 Å². The third kappa shape index (κ3) is 5.52. The SMILES string of the molecule is C[C@H](NS(=O)(=O)c1ccccc1C(F)(F)F)C(=O)NCc1cc(F)ccc1Br. The van der Waals surface area contributed by atoms with E-state index >= 15 is 0 Å².